The zero-order valence-electron chi connectivity index (χ0n) is 19.5. The summed E-state index contributed by atoms with van der Waals surface area (Å²) in [5.41, 5.74) is 4.36. The molecule has 1 N–H and O–H groups in total. The van der Waals surface area contributed by atoms with Gasteiger partial charge in [0, 0.05) is 16.8 Å². The molecule has 8 heteroatoms. The van der Waals surface area contributed by atoms with Crippen molar-refractivity contribution in [1.29, 1.82) is 0 Å². The van der Waals surface area contributed by atoms with Crippen molar-refractivity contribution in [3.05, 3.63) is 77.4 Å². The number of sulfonamides is 1. The highest BCUT2D eigenvalue weighted by atomic mass is 32.2. The molecular weight excluding hydrogens is 452 g/mol. The number of rotatable bonds is 5. The molecular formula is C26H26N2O5S. The van der Waals surface area contributed by atoms with Gasteiger partial charge in [-0.3, -0.25) is 9.10 Å². The molecule has 1 aliphatic rings. The van der Waals surface area contributed by atoms with E-state index in [9.17, 15) is 18.0 Å². The molecule has 1 amide bonds. The largest absolute Gasteiger partial charge is 0.465 e. The fraction of sp³-hybridized carbons (Fsp3) is 0.231. The van der Waals surface area contributed by atoms with E-state index in [0.29, 0.717) is 16.9 Å². The molecule has 0 unspecified atom stereocenters. The minimum absolute atomic E-state index is 0.167. The number of nitrogens with one attached hydrogen (secondary N) is 1. The van der Waals surface area contributed by atoms with Crippen LogP contribution in [0.5, 0.6) is 0 Å². The van der Waals surface area contributed by atoms with E-state index in [1.54, 1.807) is 49.4 Å². The maximum absolute atomic E-state index is 13.5. The smallest absolute Gasteiger partial charge is 0.337 e. The predicted molar refractivity (Wildman–Crippen MR) is 132 cm³/mol. The summed E-state index contributed by atoms with van der Waals surface area (Å²) in [5.74, 6) is -0.787. The number of fused-ring (bicyclic) bond motifs is 3. The maximum Gasteiger partial charge on any atom is 0.337 e. The molecule has 0 bridgehead atoms. The van der Waals surface area contributed by atoms with E-state index in [1.165, 1.54) is 13.2 Å². The molecule has 1 heterocycles. The van der Waals surface area contributed by atoms with Crippen molar-refractivity contribution < 1.29 is 22.7 Å². The number of hydrogen-bond acceptors (Lipinski definition) is 5. The molecule has 34 heavy (non-hydrogen) atoms. The summed E-state index contributed by atoms with van der Waals surface area (Å²) < 4.78 is 32.9. The van der Waals surface area contributed by atoms with E-state index < -0.39 is 28.4 Å². The van der Waals surface area contributed by atoms with E-state index >= 15 is 0 Å². The molecule has 3 aromatic carbocycles. The highest BCUT2D eigenvalue weighted by Gasteiger charge is 2.36. The van der Waals surface area contributed by atoms with E-state index in [1.807, 2.05) is 12.1 Å². The molecule has 0 saturated heterocycles. The molecule has 1 aliphatic heterocycles. The van der Waals surface area contributed by atoms with Crippen LogP contribution in [0.4, 0.5) is 11.4 Å². The highest BCUT2D eigenvalue weighted by Crippen LogP contribution is 2.44. The third kappa shape index (κ3) is 4.17. The number of carbonyl (C=O) groups is 2. The van der Waals surface area contributed by atoms with Crippen molar-refractivity contribution in [2.24, 2.45) is 0 Å². The average molecular weight is 479 g/mol. The van der Waals surface area contributed by atoms with Gasteiger partial charge in [-0.1, -0.05) is 44.2 Å². The summed E-state index contributed by atoms with van der Waals surface area (Å²) >= 11 is 0. The van der Waals surface area contributed by atoms with Crippen molar-refractivity contribution in [1.82, 2.24) is 0 Å². The number of esters is 1. The zero-order chi connectivity index (χ0) is 24.6. The molecule has 0 fully saturated rings. The zero-order valence-corrected chi connectivity index (χ0v) is 20.3. The quantitative estimate of drug-likeness (QED) is 0.536. The van der Waals surface area contributed by atoms with Crippen molar-refractivity contribution >= 4 is 33.3 Å². The van der Waals surface area contributed by atoms with Crippen LogP contribution >= 0.6 is 0 Å². The predicted octanol–water partition coefficient (Wildman–Crippen LogP) is 4.72. The SMILES string of the molecule is COC(=O)c1ccc(C)c(NC(=O)CN2c3ccc(C(C)C)cc3-c3ccccc3S2(=O)=O)c1. The molecule has 3 aromatic rings. The molecule has 176 valence electrons. The number of hydrogen-bond donors (Lipinski definition) is 1. The van der Waals surface area contributed by atoms with Gasteiger partial charge in [-0.25, -0.2) is 13.2 Å². The number of nitrogens with zero attached hydrogens (tertiary/aromatic N) is 1. The molecule has 0 saturated carbocycles. The van der Waals surface area contributed by atoms with Crippen LogP contribution in [0.25, 0.3) is 11.1 Å². The highest BCUT2D eigenvalue weighted by molar-refractivity contribution is 7.93. The minimum Gasteiger partial charge on any atom is -0.465 e. The summed E-state index contributed by atoms with van der Waals surface area (Å²) in [4.78, 5) is 25.1. The van der Waals surface area contributed by atoms with Crippen molar-refractivity contribution in [2.45, 2.75) is 31.6 Å². The second-order valence-corrected chi connectivity index (χ2v) is 10.3. The summed E-state index contributed by atoms with van der Waals surface area (Å²) in [6.45, 7) is 5.52. The van der Waals surface area contributed by atoms with E-state index in [-0.39, 0.29) is 16.4 Å². The van der Waals surface area contributed by atoms with Gasteiger partial charge in [-0.2, -0.15) is 0 Å². The van der Waals surface area contributed by atoms with Gasteiger partial charge in [0.1, 0.15) is 6.54 Å². The lowest BCUT2D eigenvalue weighted by Crippen LogP contribution is -2.40. The third-order valence-corrected chi connectivity index (χ3v) is 7.74. The normalized spacial score (nSPS) is 13.7. The Labute approximate surface area is 199 Å². The lowest BCUT2D eigenvalue weighted by Gasteiger charge is -2.32. The van der Waals surface area contributed by atoms with Gasteiger partial charge in [-0.05, 0) is 54.3 Å². The summed E-state index contributed by atoms with van der Waals surface area (Å²) in [7, 11) is -2.67. The Bertz CT molecular complexity index is 1400. The first kappa shape index (κ1) is 23.5. The molecule has 4 rings (SSSR count). The summed E-state index contributed by atoms with van der Waals surface area (Å²) in [6.07, 6.45) is 0. The number of anilines is 2. The number of benzene rings is 3. The van der Waals surface area contributed by atoms with Gasteiger partial charge >= 0.3 is 5.97 Å². The Morgan fingerprint density at radius 2 is 1.74 bits per heavy atom. The van der Waals surface area contributed by atoms with E-state index in [0.717, 1.165) is 21.0 Å². The van der Waals surface area contributed by atoms with Crippen molar-refractivity contribution in [3.8, 4) is 11.1 Å². The van der Waals surface area contributed by atoms with Crippen LogP contribution in [0.15, 0.2) is 65.6 Å². The first-order chi connectivity index (χ1) is 16.1. The molecule has 7 nitrogen and oxygen atoms in total. The van der Waals surface area contributed by atoms with Gasteiger partial charge in [0.2, 0.25) is 5.91 Å². The van der Waals surface area contributed by atoms with Gasteiger partial charge in [0.25, 0.3) is 10.0 Å². The Hall–Kier alpha value is -3.65. The molecule has 0 aromatic heterocycles. The van der Waals surface area contributed by atoms with Crippen molar-refractivity contribution in [2.75, 3.05) is 23.3 Å². The first-order valence-electron chi connectivity index (χ1n) is 10.9. The standard InChI is InChI=1S/C26H26N2O5S/c1-16(2)18-11-12-23-21(13-18)20-7-5-6-8-24(20)34(31,32)28(23)15-25(29)27-22-14-19(26(30)33-4)10-9-17(22)3/h5-14,16H,15H2,1-4H3,(H,27,29). The van der Waals surface area contributed by atoms with Gasteiger partial charge in [0.15, 0.2) is 0 Å². The van der Waals surface area contributed by atoms with Gasteiger partial charge in [-0.15, -0.1) is 0 Å². The van der Waals surface area contributed by atoms with Crippen LogP contribution in [0.2, 0.25) is 0 Å². The minimum atomic E-state index is -3.95. The van der Waals surface area contributed by atoms with Crippen LogP contribution in [-0.4, -0.2) is 33.9 Å². The number of aryl methyl sites for hydroxylation is 1. The van der Waals surface area contributed by atoms with Crippen LogP contribution in [0.1, 0.15) is 41.3 Å². The fourth-order valence-electron chi connectivity index (χ4n) is 4.00. The Kier molecular flexibility index (Phi) is 6.18. The monoisotopic (exact) mass is 478 g/mol. The second kappa shape index (κ2) is 8.95. The number of amides is 1. The Balaban J connectivity index is 1.71. The number of carbonyl (C=O) groups excluding carboxylic acids is 2. The van der Waals surface area contributed by atoms with Gasteiger partial charge in [0.05, 0.1) is 23.3 Å². The molecule has 0 aliphatic carbocycles. The maximum atomic E-state index is 13.5. The topological polar surface area (TPSA) is 92.8 Å². The Morgan fingerprint density at radius 1 is 1.00 bits per heavy atom. The second-order valence-electron chi connectivity index (χ2n) is 8.51. The van der Waals surface area contributed by atoms with E-state index in [4.69, 9.17) is 4.74 Å². The molecule has 0 radical (unpaired) electrons. The third-order valence-electron chi connectivity index (χ3n) is 5.92. The first-order valence-corrected chi connectivity index (χ1v) is 12.3. The summed E-state index contributed by atoms with van der Waals surface area (Å²) in [6, 6.07) is 17.3. The molecule has 0 atom stereocenters. The lowest BCUT2D eigenvalue weighted by molar-refractivity contribution is -0.114. The van der Waals surface area contributed by atoms with Gasteiger partial charge < -0.3 is 10.1 Å². The van der Waals surface area contributed by atoms with Crippen LogP contribution < -0.4 is 9.62 Å². The number of ether oxygens (including phenoxy) is 1. The van der Waals surface area contributed by atoms with Crippen molar-refractivity contribution in [3.63, 3.8) is 0 Å². The van der Waals surface area contributed by atoms with Crippen LogP contribution in [-0.2, 0) is 19.6 Å². The number of methoxy groups -OCH3 is 1. The van der Waals surface area contributed by atoms with E-state index in [2.05, 4.69) is 19.2 Å². The average Bonchev–Trinajstić information content (AvgIpc) is 2.82. The van der Waals surface area contributed by atoms with Crippen LogP contribution in [0, 0.1) is 6.92 Å². The molecule has 0 spiro atoms. The Morgan fingerprint density at radius 3 is 2.44 bits per heavy atom. The summed E-state index contributed by atoms with van der Waals surface area (Å²) in [5, 5.41) is 2.75. The lowest BCUT2D eigenvalue weighted by atomic mass is 9.95. The fourth-order valence-corrected chi connectivity index (χ4v) is 5.65. The van der Waals surface area contributed by atoms with Crippen LogP contribution in [0.3, 0.4) is 0 Å².